The van der Waals surface area contributed by atoms with Crippen molar-refractivity contribution in [1.29, 1.82) is 0 Å². The average molecular weight is 126 g/mol. The van der Waals surface area contributed by atoms with Gasteiger partial charge in [0, 0.05) is 0 Å². The van der Waals surface area contributed by atoms with Gasteiger partial charge >= 0.3 is 0 Å². The van der Waals surface area contributed by atoms with Crippen LogP contribution in [0, 0.1) is 0 Å². The summed E-state index contributed by atoms with van der Waals surface area (Å²) in [6.07, 6.45) is 7.52. The van der Waals surface area contributed by atoms with Crippen molar-refractivity contribution in [3.8, 4) is 0 Å². The van der Waals surface area contributed by atoms with E-state index in [2.05, 4.69) is 16.5 Å². The van der Waals surface area contributed by atoms with Crippen LogP contribution in [0.3, 0.4) is 0 Å². The van der Waals surface area contributed by atoms with Crippen molar-refractivity contribution in [2.45, 2.75) is 18.9 Å². The molecule has 0 saturated carbocycles. The van der Waals surface area contributed by atoms with Crippen molar-refractivity contribution in [2.24, 2.45) is 5.16 Å². The van der Waals surface area contributed by atoms with Gasteiger partial charge < -0.3 is 10.5 Å². The van der Waals surface area contributed by atoms with Crippen LogP contribution < -0.4 is 5.32 Å². The highest BCUT2D eigenvalue weighted by Gasteiger charge is 2.03. The van der Waals surface area contributed by atoms with Crippen LogP contribution in [-0.4, -0.2) is 17.5 Å². The largest absolute Gasteiger partial charge is 0.411 e. The molecule has 0 amide bonds. The number of nitrogens with one attached hydrogen (secondary N) is 1. The van der Waals surface area contributed by atoms with Crippen LogP contribution in [0.5, 0.6) is 0 Å². The highest BCUT2D eigenvalue weighted by molar-refractivity contribution is 5.63. The van der Waals surface area contributed by atoms with E-state index in [-0.39, 0.29) is 6.04 Å². The molecule has 1 atom stereocenters. The molecular weight excluding hydrogens is 116 g/mol. The summed E-state index contributed by atoms with van der Waals surface area (Å²) in [5.74, 6) is 0. The van der Waals surface area contributed by atoms with E-state index in [9.17, 15) is 0 Å². The van der Waals surface area contributed by atoms with Gasteiger partial charge in [0.1, 0.15) is 0 Å². The monoisotopic (exact) mass is 126 g/mol. The van der Waals surface area contributed by atoms with Crippen molar-refractivity contribution < 1.29 is 5.21 Å². The quantitative estimate of drug-likeness (QED) is 0.309. The Bertz CT molecular complexity index is 131. The average Bonchev–Trinajstić information content (AvgIpc) is 1.91. The molecule has 3 nitrogen and oxygen atoms in total. The molecule has 1 unspecified atom stereocenters. The normalized spacial score (nSPS) is 26.4. The lowest BCUT2D eigenvalue weighted by Gasteiger charge is -2.13. The fourth-order valence-corrected chi connectivity index (χ4v) is 0.832. The fraction of sp³-hybridized carbons (Fsp3) is 0.500. The Labute approximate surface area is 54.1 Å². The number of rotatable bonds is 1. The van der Waals surface area contributed by atoms with E-state index < -0.39 is 0 Å². The minimum atomic E-state index is 0.222. The molecule has 1 rings (SSSR count). The molecule has 9 heavy (non-hydrogen) atoms. The Hall–Kier alpha value is -0.990. The van der Waals surface area contributed by atoms with Crippen molar-refractivity contribution in [3.63, 3.8) is 0 Å². The molecule has 0 aromatic rings. The molecule has 1 aliphatic rings. The molecule has 1 heterocycles. The summed E-state index contributed by atoms with van der Waals surface area (Å²) in [4.78, 5) is 0. The van der Waals surface area contributed by atoms with Gasteiger partial charge in [-0.05, 0) is 19.0 Å². The maximum absolute atomic E-state index is 8.12. The summed E-state index contributed by atoms with van der Waals surface area (Å²) >= 11 is 0. The van der Waals surface area contributed by atoms with E-state index >= 15 is 0 Å². The van der Waals surface area contributed by atoms with Gasteiger partial charge in [0.15, 0.2) is 0 Å². The molecule has 50 valence electrons. The van der Waals surface area contributed by atoms with E-state index in [1.54, 1.807) is 0 Å². The van der Waals surface area contributed by atoms with Crippen LogP contribution in [0.1, 0.15) is 12.8 Å². The van der Waals surface area contributed by atoms with E-state index in [4.69, 9.17) is 5.21 Å². The van der Waals surface area contributed by atoms with Gasteiger partial charge in [-0.15, -0.1) is 0 Å². The zero-order valence-electron chi connectivity index (χ0n) is 5.12. The van der Waals surface area contributed by atoms with Gasteiger partial charge in [0.05, 0.1) is 12.3 Å². The van der Waals surface area contributed by atoms with Crippen LogP contribution in [0.15, 0.2) is 17.4 Å². The SMILES string of the molecule is ON=CC1CCC=CN1. The van der Waals surface area contributed by atoms with Crippen molar-refractivity contribution >= 4 is 6.21 Å². The van der Waals surface area contributed by atoms with Crippen molar-refractivity contribution in [2.75, 3.05) is 0 Å². The molecule has 0 aromatic carbocycles. The topological polar surface area (TPSA) is 44.6 Å². The van der Waals surface area contributed by atoms with Gasteiger partial charge in [-0.2, -0.15) is 0 Å². The summed E-state index contributed by atoms with van der Waals surface area (Å²) in [6.45, 7) is 0. The standard InChI is InChI=1S/C6H10N2O/c9-8-5-6-3-1-2-4-7-6/h2,4-7,9H,1,3H2. The first-order valence-electron chi connectivity index (χ1n) is 3.02. The summed E-state index contributed by atoms with van der Waals surface area (Å²) in [5, 5.41) is 14.1. The highest BCUT2D eigenvalue weighted by atomic mass is 16.4. The molecule has 0 aromatic heterocycles. The molecular formula is C6H10N2O. The van der Waals surface area contributed by atoms with Crippen LogP contribution in [-0.2, 0) is 0 Å². The number of hydrogen-bond donors (Lipinski definition) is 2. The smallest absolute Gasteiger partial charge is 0.0658 e. The van der Waals surface area contributed by atoms with E-state index in [1.165, 1.54) is 6.21 Å². The Balaban J connectivity index is 2.35. The van der Waals surface area contributed by atoms with Crippen LogP contribution in [0.4, 0.5) is 0 Å². The minimum Gasteiger partial charge on any atom is -0.411 e. The first kappa shape index (κ1) is 6.13. The zero-order chi connectivity index (χ0) is 6.53. The van der Waals surface area contributed by atoms with E-state index in [1.807, 2.05) is 6.20 Å². The van der Waals surface area contributed by atoms with Gasteiger partial charge in [-0.3, -0.25) is 0 Å². The number of oxime groups is 1. The van der Waals surface area contributed by atoms with Gasteiger partial charge in [0.25, 0.3) is 0 Å². The van der Waals surface area contributed by atoms with Gasteiger partial charge in [-0.1, -0.05) is 11.2 Å². The second kappa shape index (κ2) is 3.12. The lowest BCUT2D eigenvalue weighted by molar-refractivity contribution is 0.318. The summed E-state index contributed by atoms with van der Waals surface area (Å²) in [7, 11) is 0. The van der Waals surface area contributed by atoms with Crippen molar-refractivity contribution in [1.82, 2.24) is 5.32 Å². The number of allylic oxidation sites excluding steroid dienone is 1. The second-order valence-corrected chi connectivity index (χ2v) is 2.02. The van der Waals surface area contributed by atoms with Gasteiger partial charge in [-0.25, -0.2) is 0 Å². The van der Waals surface area contributed by atoms with E-state index in [0.29, 0.717) is 0 Å². The van der Waals surface area contributed by atoms with Crippen LogP contribution in [0.2, 0.25) is 0 Å². The maximum atomic E-state index is 8.12. The molecule has 2 N–H and O–H groups in total. The predicted molar refractivity (Wildman–Crippen MR) is 35.6 cm³/mol. The third-order valence-electron chi connectivity index (χ3n) is 1.32. The fourth-order valence-electron chi connectivity index (χ4n) is 0.832. The van der Waals surface area contributed by atoms with Crippen LogP contribution >= 0.6 is 0 Å². The van der Waals surface area contributed by atoms with Crippen LogP contribution in [0.25, 0.3) is 0 Å². The Morgan fingerprint density at radius 2 is 2.67 bits per heavy atom. The zero-order valence-corrected chi connectivity index (χ0v) is 5.12. The van der Waals surface area contributed by atoms with E-state index in [0.717, 1.165) is 12.8 Å². The molecule has 0 bridgehead atoms. The summed E-state index contributed by atoms with van der Waals surface area (Å²) in [5.41, 5.74) is 0. The third-order valence-corrected chi connectivity index (χ3v) is 1.32. The lowest BCUT2D eigenvalue weighted by Crippen LogP contribution is -2.27. The molecule has 0 aliphatic carbocycles. The van der Waals surface area contributed by atoms with Gasteiger partial charge in [0.2, 0.25) is 0 Å². The highest BCUT2D eigenvalue weighted by Crippen LogP contribution is 2.00. The third kappa shape index (κ3) is 1.76. The summed E-state index contributed by atoms with van der Waals surface area (Å²) in [6, 6.07) is 0.222. The van der Waals surface area contributed by atoms with Crippen molar-refractivity contribution in [3.05, 3.63) is 12.3 Å². The first-order chi connectivity index (χ1) is 4.43. The Kier molecular flexibility index (Phi) is 2.13. The molecule has 0 saturated heterocycles. The molecule has 3 heteroatoms. The molecule has 0 spiro atoms. The number of hydrogen-bond acceptors (Lipinski definition) is 3. The summed E-state index contributed by atoms with van der Waals surface area (Å²) < 4.78 is 0. The number of nitrogens with zero attached hydrogens (tertiary/aromatic N) is 1. The second-order valence-electron chi connectivity index (χ2n) is 2.02. The Morgan fingerprint density at radius 3 is 3.22 bits per heavy atom. The maximum Gasteiger partial charge on any atom is 0.0658 e. The Morgan fingerprint density at radius 1 is 1.78 bits per heavy atom. The lowest BCUT2D eigenvalue weighted by atomic mass is 10.1. The molecule has 1 aliphatic heterocycles. The molecule has 0 radical (unpaired) electrons. The first-order valence-corrected chi connectivity index (χ1v) is 3.02. The predicted octanol–water partition coefficient (Wildman–Crippen LogP) is 0.712. The minimum absolute atomic E-state index is 0.222. The molecule has 0 fully saturated rings.